The summed E-state index contributed by atoms with van der Waals surface area (Å²) in [6, 6.07) is 14.0. The Kier molecular flexibility index (Phi) is 4.54. The van der Waals surface area contributed by atoms with Crippen LogP contribution in [-0.4, -0.2) is 16.9 Å². The third kappa shape index (κ3) is 3.40. The number of amides is 1. The minimum Gasteiger partial charge on any atom is -0.349 e. The molecular weight excluding hydrogens is 387 g/mol. The zero-order chi connectivity index (χ0) is 20.1. The highest BCUT2D eigenvalue weighted by Crippen LogP contribution is 2.63. The van der Waals surface area contributed by atoms with Crippen LogP contribution in [0.2, 0.25) is 5.02 Å². The Morgan fingerprint density at radius 3 is 2.59 bits per heavy atom. The van der Waals surface area contributed by atoms with Crippen molar-refractivity contribution in [2.75, 3.05) is 0 Å². The van der Waals surface area contributed by atoms with Gasteiger partial charge in [-0.1, -0.05) is 11.6 Å². The van der Waals surface area contributed by atoms with Gasteiger partial charge in [0.15, 0.2) is 0 Å². The first-order valence-electron chi connectivity index (χ1n) is 10.1. The Hall–Kier alpha value is -2.46. The monoisotopic (exact) mass is 408 g/mol. The van der Waals surface area contributed by atoms with Crippen LogP contribution in [-0.2, 0) is 0 Å². The van der Waals surface area contributed by atoms with Crippen molar-refractivity contribution in [3.05, 3.63) is 76.7 Å². The van der Waals surface area contributed by atoms with Crippen molar-refractivity contribution in [2.45, 2.75) is 31.7 Å². The molecule has 0 radical (unpaired) electrons. The van der Waals surface area contributed by atoms with E-state index in [9.17, 15) is 9.18 Å². The number of carbonyl (C=O) groups excluding carboxylic acids is 1. The lowest BCUT2D eigenvalue weighted by Gasteiger charge is -2.20. The van der Waals surface area contributed by atoms with E-state index >= 15 is 0 Å². The second-order valence-corrected chi connectivity index (χ2v) is 8.84. The standard InChI is InChI=1S/C24H22ClFN2O/c1-13(28-24(29)14-2-4-16(25)5-3-14)23-20-10-15(11-21(20)23)18-8-9-27-22-7-6-17(26)12-19(18)22/h2-9,12-13,15,20-21,23H,10-11H2,1H3,(H,28,29)/t13-,15-,20-,21+,23+/m1/s1. The van der Waals surface area contributed by atoms with Gasteiger partial charge in [-0.05, 0) is 97.5 Å². The highest BCUT2D eigenvalue weighted by Gasteiger charge is 2.58. The van der Waals surface area contributed by atoms with Crippen LogP contribution in [0.4, 0.5) is 4.39 Å². The van der Waals surface area contributed by atoms with E-state index in [0.29, 0.717) is 34.3 Å². The summed E-state index contributed by atoms with van der Waals surface area (Å²) in [6.45, 7) is 2.10. The number of fused-ring (bicyclic) bond motifs is 2. The zero-order valence-electron chi connectivity index (χ0n) is 16.1. The Bertz CT molecular complexity index is 1070. The average molecular weight is 409 g/mol. The van der Waals surface area contributed by atoms with Crippen molar-refractivity contribution in [3.8, 4) is 0 Å². The van der Waals surface area contributed by atoms with Crippen LogP contribution in [0, 0.1) is 23.6 Å². The van der Waals surface area contributed by atoms with Crippen LogP contribution in [0.1, 0.15) is 41.6 Å². The molecular formula is C24H22ClFN2O. The third-order valence-electron chi connectivity index (χ3n) is 6.73. The van der Waals surface area contributed by atoms with Crippen molar-refractivity contribution >= 4 is 28.4 Å². The van der Waals surface area contributed by atoms with Crippen LogP contribution >= 0.6 is 11.6 Å². The molecule has 0 unspecified atom stereocenters. The maximum atomic E-state index is 13.8. The number of hydrogen-bond acceptors (Lipinski definition) is 2. The van der Waals surface area contributed by atoms with Crippen molar-refractivity contribution in [2.24, 2.45) is 17.8 Å². The quantitative estimate of drug-likeness (QED) is 0.611. The van der Waals surface area contributed by atoms with Gasteiger partial charge < -0.3 is 5.32 Å². The maximum Gasteiger partial charge on any atom is 0.251 e. The van der Waals surface area contributed by atoms with Crippen LogP contribution in [0.15, 0.2) is 54.7 Å². The molecule has 5 heteroatoms. The fourth-order valence-corrected chi connectivity index (χ4v) is 5.50. The molecule has 2 fully saturated rings. The molecule has 148 valence electrons. The topological polar surface area (TPSA) is 42.0 Å². The Morgan fingerprint density at radius 2 is 1.86 bits per heavy atom. The predicted molar refractivity (Wildman–Crippen MR) is 113 cm³/mol. The Balaban J connectivity index is 1.25. The SMILES string of the molecule is C[C@@H](NC(=O)c1ccc(Cl)cc1)[C@H]1[C@@H]2C[C@@H](c3ccnc4ccc(F)cc34)C[C@@H]21. The first-order valence-corrected chi connectivity index (χ1v) is 10.5. The number of carbonyl (C=O) groups is 1. The summed E-state index contributed by atoms with van der Waals surface area (Å²) in [7, 11) is 0. The lowest BCUT2D eigenvalue weighted by atomic mass is 9.88. The van der Waals surface area contributed by atoms with Crippen LogP contribution < -0.4 is 5.32 Å². The van der Waals surface area contributed by atoms with Gasteiger partial charge in [-0.25, -0.2) is 4.39 Å². The number of nitrogens with one attached hydrogen (secondary N) is 1. The summed E-state index contributed by atoms with van der Waals surface area (Å²) < 4.78 is 13.8. The van der Waals surface area contributed by atoms with Crippen LogP contribution in [0.3, 0.4) is 0 Å². The number of benzene rings is 2. The van der Waals surface area contributed by atoms with E-state index in [1.807, 2.05) is 12.3 Å². The highest BCUT2D eigenvalue weighted by atomic mass is 35.5. The fourth-order valence-electron chi connectivity index (χ4n) is 5.37. The van der Waals surface area contributed by atoms with Gasteiger partial charge in [0.05, 0.1) is 5.52 Å². The molecule has 0 spiro atoms. The highest BCUT2D eigenvalue weighted by molar-refractivity contribution is 6.30. The molecule has 1 aromatic heterocycles. The molecule has 0 bridgehead atoms. The van der Waals surface area contributed by atoms with Gasteiger partial charge in [-0.2, -0.15) is 0 Å². The number of pyridine rings is 1. The Labute approximate surface area is 174 Å². The molecule has 2 aliphatic carbocycles. The van der Waals surface area contributed by atoms with Gasteiger partial charge in [0.25, 0.3) is 5.91 Å². The second-order valence-electron chi connectivity index (χ2n) is 8.40. The second kappa shape index (κ2) is 7.10. The van der Waals surface area contributed by atoms with E-state index in [1.165, 1.54) is 11.6 Å². The fraction of sp³-hybridized carbons (Fsp3) is 0.333. The summed E-state index contributed by atoms with van der Waals surface area (Å²) in [5.41, 5.74) is 2.69. The van der Waals surface area contributed by atoms with Gasteiger partial charge in [0, 0.05) is 28.2 Å². The van der Waals surface area contributed by atoms with Gasteiger partial charge >= 0.3 is 0 Å². The maximum absolute atomic E-state index is 13.8. The minimum atomic E-state index is -0.216. The predicted octanol–water partition coefficient (Wildman–Crippen LogP) is 5.59. The van der Waals surface area contributed by atoms with Gasteiger partial charge in [-0.15, -0.1) is 0 Å². The molecule has 2 aliphatic rings. The molecule has 2 saturated carbocycles. The van der Waals surface area contributed by atoms with Crippen molar-refractivity contribution in [1.82, 2.24) is 10.3 Å². The summed E-state index contributed by atoms with van der Waals surface area (Å²) >= 11 is 5.90. The van der Waals surface area contributed by atoms with Crippen molar-refractivity contribution in [1.29, 1.82) is 0 Å². The van der Waals surface area contributed by atoms with E-state index in [1.54, 1.807) is 36.4 Å². The molecule has 3 nitrogen and oxygen atoms in total. The van der Waals surface area contributed by atoms with Crippen LogP contribution in [0.5, 0.6) is 0 Å². The number of rotatable bonds is 4. The molecule has 1 heterocycles. The van der Waals surface area contributed by atoms with Crippen molar-refractivity contribution < 1.29 is 9.18 Å². The van der Waals surface area contributed by atoms with Gasteiger partial charge in [-0.3, -0.25) is 9.78 Å². The number of hydrogen-bond donors (Lipinski definition) is 1. The van der Waals surface area contributed by atoms with Gasteiger partial charge in [0.2, 0.25) is 0 Å². The molecule has 5 rings (SSSR count). The smallest absolute Gasteiger partial charge is 0.251 e. The largest absolute Gasteiger partial charge is 0.349 e. The Morgan fingerprint density at radius 1 is 1.14 bits per heavy atom. The normalized spacial score (nSPS) is 26.2. The zero-order valence-corrected chi connectivity index (χ0v) is 16.9. The first kappa shape index (κ1) is 18.6. The summed E-state index contributed by atoms with van der Waals surface area (Å²) in [6.07, 6.45) is 4.00. The molecule has 0 saturated heterocycles. The molecule has 0 aliphatic heterocycles. The molecule has 1 N–H and O–H groups in total. The summed E-state index contributed by atoms with van der Waals surface area (Å²) in [5, 5.41) is 4.71. The lowest BCUT2D eigenvalue weighted by Crippen LogP contribution is -2.35. The lowest BCUT2D eigenvalue weighted by molar-refractivity contribution is 0.0933. The molecule has 1 amide bonds. The number of halogens is 2. The van der Waals surface area contributed by atoms with Crippen LogP contribution in [0.25, 0.3) is 10.9 Å². The first-order chi connectivity index (χ1) is 14.0. The molecule has 29 heavy (non-hydrogen) atoms. The molecule has 2 aromatic carbocycles. The van der Waals surface area contributed by atoms with E-state index < -0.39 is 0 Å². The number of aromatic nitrogens is 1. The summed E-state index contributed by atoms with van der Waals surface area (Å²) in [5.74, 6) is 1.94. The number of nitrogens with zero attached hydrogens (tertiary/aromatic N) is 1. The van der Waals surface area contributed by atoms with Crippen molar-refractivity contribution in [3.63, 3.8) is 0 Å². The summed E-state index contributed by atoms with van der Waals surface area (Å²) in [4.78, 5) is 16.9. The average Bonchev–Trinajstić information content (AvgIpc) is 3.22. The molecule has 3 aromatic rings. The van der Waals surface area contributed by atoms with E-state index in [4.69, 9.17) is 11.6 Å². The van der Waals surface area contributed by atoms with E-state index in [-0.39, 0.29) is 17.8 Å². The van der Waals surface area contributed by atoms with E-state index in [0.717, 1.165) is 23.7 Å². The third-order valence-corrected chi connectivity index (χ3v) is 6.98. The minimum absolute atomic E-state index is 0.0497. The van der Waals surface area contributed by atoms with Gasteiger partial charge in [0.1, 0.15) is 5.82 Å². The van der Waals surface area contributed by atoms with E-state index in [2.05, 4.69) is 17.2 Å². The molecule has 5 atom stereocenters.